The van der Waals surface area contributed by atoms with Crippen LogP contribution in [0, 0.1) is 0 Å². The molecular weight excluding hydrogens is 564 g/mol. The van der Waals surface area contributed by atoms with Crippen LogP contribution < -0.4 is 0 Å². The van der Waals surface area contributed by atoms with E-state index in [1.165, 1.54) is 14.2 Å². The predicted octanol–water partition coefficient (Wildman–Crippen LogP) is 6.59. The Morgan fingerprint density at radius 3 is 1.14 bits per heavy atom. The Labute approximate surface area is 258 Å². The number of allylic oxidation sites excluding steroid dienone is 3. The van der Waals surface area contributed by atoms with E-state index in [1.54, 1.807) is 78.9 Å². The highest BCUT2D eigenvalue weighted by atomic mass is 16.5. The van der Waals surface area contributed by atoms with Crippen LogP contribution in [0.25, 0.3) is 0 Å². The number of aromatic hydroxyl groups is 3. The lowest BCUT2D eigenvalue weighted by molar-refractivity contribution is -0.141. The lowest BCUT2D eigenvalue weighted by Crippen LogP contribution is -2.06. The number of esters is 2. The number of aliphatic carboxylic acids is 1. The van der Waals surface area contributed by atoms with E-state index in [0.29, 0.717) is 0 Å². The van der Waals surface area contributed by atoms with E-state index >= 15 is 0 Å². The third-order valence-corrected chi connectivity index (χ3v) is 6.37. The molecule has 4 N–H and O–H groups in total. The Morgan fingerprint density at radius 1 is 0.614 bits per heavy atom. The molecule has 0 radical (unpaired) electrons. The molecule has 0 amide bonds. The van der Waals surface area contributed by atoms with Gasteiger partial charge in [0.05, 0.1) is 33.5 Å². The quantitative estimate of drug-likeness (QED) is 0.133. The van der Waals surface area contributed by atoms with E-state index < -0.39 is 5.97 Å². The molecule has 3 aromatic rings. The van der Waals surface area contributed by atoms with Gasteiger partial charge in [0.25, 0.3) is 0 Å². The highest BCUT2D eigenvalue weighted by molar-refractivity contribution is 5.71. The van der Waals surface area contributed by atoms with Crippen LogP contribution in [0.5, 0.6) is 17.2 Å². The van der Waals surface area contributed by atoms with Gasteiger partial charge in [-0.25, -0.2) is 0 Å². The fourth-order valence-corrected chi connectivity index (χ4v) is 3.99. The topological polar surface area (TPSA) is 151 Å². The van der Waals surface area contributed by atoms with Crippen LogP contribution in [-0.2, 0) is 23.9 Å². The molecule has 0 aliphatic carbocycles. The monoisotopic (exact) mass is 604 g/mol. The summed E-state index contributed by atoms with van der Waals surface area (Å²) in [6.07, 6.45) is 5.39. The van der Waals surface area contributed by atoms with Crippen molar-refractivity contribution in [3.05, 3.63) is 127 Å². The first-order valence-electron chi connectivity index (χ1n) is 13.6. The van der Waals surface area contributed by atoms with Crippen LogP contribution in [0.4, 0.5) is 0 Å². The molecule has 0 bridgehead atoms. The number of methoxy groups -OCH3 is 2. The van der Waals surface area contributed by atoms with Gasteiger partial charge in [-0.05, 0) is 53.1 Å². The van der Waals surface area contributed by atoms with Crippen LogP contribution in [0.1, 0.15) is 53.7 Å². The van der Waals surface area contributed by atoms with Crippen molar-refractivity contribution in [3.8, 4) is 17.2 Å². The highest BCUT2D eigenvalue weighted by Gasteiger charge is 2.14. The molecule has 9 heteroatoms. The summed E-state index contributed by atoms with van der Waals surface area (Å²) in [4.78, 5) is 32.7. The molecule has 0 aliphatic rings. The first-order chi connectivity index (χ1) is 21.0. The summed E-state index contributed by atoms with van der Waals surface area (Å²) in [5.41, 5.74) is 2.48. The standard InChI is InChI=1S/2C12H14O3.C11H12O3/c2*1-3-9(8-12(14)15-2)10-5-4-6-11(13)7-10;1-2-8(7-11(13)14)9-4-3-5-10(12)6-9/h2*3-7,9,13H,1,8H2,2H3;2-6,8,12H,1,7H2,(H,13,14)/t2*9-;/m10./s1. The maximum Gasteiger partial charge on any atom is 0.306 e. The number of benzene rings is 3. The molecule has 0 fully saturated rings. The maximum atomic E-state index is 11.1. The average Bonchev–Trinajstić information content (AvgIpc) is 3.01. The van der Waals surface area contributed by atoms with E-state index in [-0.39, 0.29) is 66.2 Å². The first kappa shape index (κ1) is 36.7. The molecule has 0 saturated carbocycles. The van der Waals surface area contributed by atoms with Gasteiger partial charge in [-0.2, -0.15) is 0 Å². The molecule has 0 saturated heterocycles. The average molecular weight is 605 g/mol. The molecule has 3 aromatic carbocycles. The van der Waals surface area contributed by atoms with E-state index in [2.05, 4.69) is 29.2 Å². The number of hydrogen-bond acceptors (Lipinski definition) is 8. The Hall–Kier alpha value is -5.31. The molecule has 0 heterocycles. The third kappa shape index (κ3) is 13.6. The number of carbonyl (C=O) groups excluding carboxylic acids is 2. The molecule has 0 aliphatic heterocycles. The van der Waals surface area contributed by atoms with Crippen LogP contribution in [0.15, 0.2) is 111 Å². The number of ether oxygens (including phenoxy) is 2. The van der Waals surface area contributed by atoms with Crippen molar-refractivity contribution in [1.82, 2.24) is 0 Å². The summed E-state index contributed by atoms with van der Waals surface area (Å²) < 4.78 is 9.17. The van der Waals surface area contributed by atoms with Gasteiger partial charge in [-0.1, -0.05) is 54.6 Å². The smallest absolute Gasteiger partial charge is 0.306 e. The van der Waals surface area contributed by atoms with Crippen molar-refractivity contribution in [2.24, 2.45) is 0 Å². The lowest BCUT2D eigenvalue weighted by Gasteiger charge is -2.11. The van der Waals surface area contributed by atoms with Gasteiger partial charge in [0.15, 0.2) is 0 Å². The zero-order chi connectivity index (χ0) is 33.1. The number of rotatable bonds is 12. The molecule has 3 atom stereocenters. The summed E-state index contributed by atoms with van der Waals surface area (Å²) >= 11 is 0. The fourth-order valence-electron chi connectivity index (χ4n) is 3.99. The van der Waals surface area contributed by atoms with Crippen molar-refractivity contribution < 1.29 is 44.3 Å². The van der Waals surface area contributed by atoms with Crippen molar-refractivity contribution in [2.75, 3.05) is 14.2 Å². The largest absolute Gasteiger partial charge is 0.508 e. The summed E-state index contributed by atoms with van der Waals surface area (Å²) in [5, 5.41) is 36.4. The second-order valence-electron chi connectivity index (χ2n) is 9.47. The number of carboxylic acid groups (broad SMARTS) is 1. The second-order valence-corrected chi connectivity index (χ2v) is 9.47. The summed E-state index contributed by atoms with van der Waals surface area (Å²) in [6.45, 7) is 10.9. The normalized spacial score (nSPS) is 11.9. The minimum absolute atomic E-state index is 0.00699. The maximum absolute atomic E-state index is 11.1. The van der Waals surface area contributed by atoms with Crippen molar-refractivity contribution in [1.29, 1.82) is 0 Å². The van der Waals surface area contributed by atoms with Gasteiger partial charge in [-0.15, -0.1) is 19.7 Å². The zero-order valence-corrected chi connectivity index (χ0v) is 25.0. The third-order valence-electron chi connectivity index (χ3n) is 6.37. The highest BCUT2D eigenvalue weighted by Crippen LogP contribution is 2.26. The molecule has 9 nitrogen and oxygen atoms in total. The van der Waals surface area contributed by atoms with E-state index in [9.17, 15) is 29.7 Å². The molecule has 0 spiro atoms. The van der Waals surface area contributed by atoms with Gasteiger partial charge < -0.3 is 29.9 Å². The van der Waals surface area contributed by atoms with Gasteiger partial charge in [0.2, 0.25) is 0 Å². The lowest BCUT2D eigenvalue weighted by atomic mass is 9.96. The van der Waals surface area contributed by atoms with Crippen LogP contribution >= 0.6 is 0 Å². The predicted molar refractivity (Wildman–Crippen MR) is 169 cm³/mol. The van der Waals surface area contributed by atoms with Gasteiger partial charge >= 0.3 is 17.9 Å². The number of carbonyl (C=O) groups is 3. The van der Waals surface area contributed by atoms with Crippen molar-refractivity contribution in [2.45, 2.75) is 37.0 Å². The van der Waals surface area contributed by atoms with Crippen molar-refractivity contribution >= 4 is 17.9 Å². The van der Waals surface area contributed by atoms with Crippen LogP contribution in [0.3, 0.4) is 0 Å². The molecular formula is C35H40O9. The number of phenolic OH excluding ortho intramolecular Hbond substituents is 3. The number of hydrogen-bond donors (Lipinski definition) is 4. The van der Waals surface area contributed by atoms with Gasteiger partial charge in [0, 0.05) is 17.8 Å². The van der Waals surface area contributed by atoms with Gasteiger partial charge in [-0.3, -0.25) is 14.4 Å². The fraction of sp³-hybridized carbons (Fsp3) is 0.229. The Morgan fingerprint density at radius 2 is 0.909 bits per heavy atom. The van der Waals surface area contributed by atoms with Gasteiger partial charge in [0.1, 0.15) is 17.2 Å². The van der Waals surface area contributed by atoms with Crippen molar-refractivity contribution in [3.63, 3.8) is 0 Å². The summed E-state index contributed by atoms with van der Waals surface area (Å²) in [5.74, 6) is -1.44. The van der Waals surface area contributed by atoms with E-state index in [4.69, 9.17) is 5.11 Å². The Bertz CT molecular complexity index is 1320. The minimum Gasteiger partial charge on any atom is -0.508 e. The summed E-state index contributed by atoms with van der Waals surface area (Å²) in [6, 6.07) is 20.1. The molecule has 44 heavy (non-hydrogen) atoms. The number of carboxylic acids is 1. The zero-order valence-electron chi connectivity index (χ0n) is 25.0. The summed E-state index contributed by atoms with van der Waals surface area (Å²) in [7, 11) is 2.70. The van der Waals surface area contributed by atoms with Crippen LogP contribution in [-0.4, -0.2) is 52.6 Å². The van der Waals surface area contributed by atoms with Crippen LogP contribution in [0.2, 0.25) is 0 Å². The number of phenols is 3. The molecule has 1 unspecified atom stereocenters. The second kappa shape index (κ2) is 19.7. The minimum atomic E-state index is -0.877. The SMILES string of the molecule is C=CC(CC(=O)O)c1cccc(O)c1.C=C[C@@H](CC(=O)OC)c1cccc(O)c1.C=C[C@H](CC(=O)OC)c1cccc(O)c1. The van der Waals surface area contributed by atoms with E-state index in [1.807, 2.05) is 12.1 Å². The molecule has 3 rings (SSSR count). The Balaban J connectivity index is 0.000000330. The van der Waals surface area contributed by atoms with E-state index in [0.717, 1.165) is 16.7 Å². The first-order valence-corrected chi connectivity index (χ1v) is 13.6. The molecule has 0 aromatic heterocycles. The Kier molecular flexibility index (Phi) is 16.5. The molecule has 234 valence electrons.